The summed E-state index contributed by atoms with van der Waals surface area (Å²) in [7, 11) is 0. The van der Waals surface area contributed by atoms with Crippen LogP contribution in [0, 0.1) is 5.92 Å². The molecule has 0 aliphatic rings. The van der Waals surface area contributed by atoms with Crippen LogP contribution in [-0.2, 0) is 50.0 Å². The van der Waals surface area contributed by atoms with Crippen LogP contribution in [0.5, 0.6) is 0 Å². The molecule has 0 saturated carbocycles. The van der Waals surface area contributed by atoms with Gasteiger partial charge in [-0.2, -0.15) is 0 Å². The minimum Gasteiger partial charge on any atom is -0.322 e. The standard InChI is InChI=1S/2C11H26NO2PS.C10H24NO3PS.C10H24NO2PS.C9H22NO2PS/c1-7-14-15(6,13)16-9-8-12(10(2)3)11(4)5;1-6-12(7-2)8-9-16-15(5,13)14-10-11(3)4;1-5-11(6-2)9-10-16-15(12,13-7-3)14-8-4;1-5-11(6-2)9-10-15-14(12,8-4)13-7-3;1-5-10(6-2)8-9-14-13(4,11)12-7-3/h10-11H,7-9H2,1-6H3;11H,6-10H2,1-5H3;5-10H2,1-4H3;5-10H2,1-4H3;5-9H2,1-4H3/t2*15-;;14-;13-/m01.11/s1. The average molecular weight is 1300 g/mol. The topological polar surface area (TPSA) is 157 Å². The van der Waals surface area contributed by atoms with E-state index in [2.05, 4.69) is 121 Å². The zero-order chi connectivity index (χ0) is 60.6. The Morgan fingerprint density at radius 2 is 0.623 bits per heavy atom. The molecule has 0 bridgehead atoms. The lowest BCUT2D eigenvalue weighted by atomic mass is 10.2. The van der Waals surface area contributed by atoms with E-state index in [1.807, 2.05) is 41.5 Å². The predicted octanol–water partition coefficient (Wildman–Crippen LogP) is 16.7. The summed E-state index contributed by atoms with van der Waals surface area (Å²) in [6, 6.07) is 1.06. The third kappa shape index (κ3) is 56.1. The Kier molecular flexibility index (Phi) is 63.1. The fourth-order valence-electron chi connectivity index (χ4n) is 6.56. The van der Waals surface area contributed by atoms with Crippen LogP contribution in [0.15, 0.2) is 0 Å². The number of rotatable bonds is 44. The van der Waals surface area contributed by atoms with Crippen LogP contribution in [0.4, 0.5) is 0 Å². The number of hydrogen-bond acceptors (Lipinski definition) is 21. The minimum atomic E-state index is -2.91. The molecule has 26 heteroatoms. The molecule has 0 saturated heterocycles. The molecule has 0 spiro atoms. The lowest BCUT2D eigenvalue weighted by molar-refractivity contribution is 0.187. The molecule has 0 aromatic rings. The van der Waals surface area contributed by atoms with Crippen LogP contribution >= 0.6 is 90.0 Å². The third-order valence-electron chi connectivity index (χ3n) is 11.1. The molecule has 0 amide bonds. The molecular weight excluding hydrogens is 1170 g/mol. The van der Waals surface area contributed by atoms with E-state index >= 15 is 0 Å². The highest BCUT2D eigenvalue weighted by atomic mass is 32.7. The largest absolute Gasteiger partial charge is 0.389 e. The van der Waals surface area contributed by atoms with Crippen molar-refractivity contribution in [1.82, 2.24) is 24.5 Å². The van der Waals surface area contributed by atoms with E-state index in [0.717, 1.165) is 114 Å². The summed E-state index contributed by atoms with van der Waals surface area (Å²) in [5, 5.41) is 0. The molecule has 0 heterocycles. The molecule has 0 fully saturated rings. The van der Waals surface area contributed by atoms with Crippen LogP contribution in [0.1, 0.15) is 138 Å². The van der Waals surface area contributed by atoms with Gasteiger partial charge >= 0.3 is 6.80 Å². The van der Waals surface area contributed by atoms with Gasteiger partial charge in [0.2, 0.25) is 0 Å². The molecule has 0 unspecified atom stereocenters. The number of nitrogens with zero attached hydrogens (tertiary/aromatic N) is 5. The quantitative estimate of drug-likeness (QED) is 0.0530. The molecular formula is C51H122N5O11P5S5. The van der Waals surface area contributed by atoms with Crippen molar-refractivity contribution in [2.24, 2.45) is 5.92 Å². The highest BCUT2D eigenvalue weighted by Crippen LogP contribution is 2.61. The Hall–Kier alpha value is 2.46. The second kappa shape index (κ2) is 55.1. The van der Waals surface area contributed by atoms with Gasteiger partial charge in [-0.3, -0.25) is 23.2 Å². The summed E-state index contributed by atoms with van der Waals surface area (Å²) >= 11 is 7.18. The maximum absolute atomic E-state index is 12.1. The van der Waals surface area contributed by atoms with E-state index in [4.69, 9.17) is 27.1 Å². The van der Waals surface area contributed by atoms with Gasteiger partial charge in [-0.15, -0.1) is 0 Å². The van der Waals surface area contributed by atoms with E-state index in [1.54, 1.807) is 20.0 Å². The van der Waals surface area contributed by atoms with Gasteiger partial charge in [-0.25, -0.2) is 4.57 Å². The summed E-state index contributed by atoms with van der Waals surface area (Å²) in [4.78, 5) is 11.7. The molecule has 0 rings (SSSR count). The third-order valence-corrected chi connectivity index (χ3v) is 31.4. The summed E-state index contributed by atoms with van der Waals surface area (Å²) in [5.41, 5.74) is 0. The van der Waals surface area contributed by atoms with E-state index in [-0.39, 0.29) is 0 Å². The van der Waals surface area contributed by atoms with Crippen molar-refractivity contribution in [2.45, 2.75) is 151 Å². The average Bonchev–Trinajstić information content (AvgIpc) is 3.36. The second-order valence-corrected chi connectivity index (χ2v) is 43.3. The van der Waals surface area contributed by atoms with E-state index in [0.29, 0.717) is 63.8 Å². The monoisotopic (exact) mass is 1300 g/mol. The van der Waals surface area contributed by atoms with E-state index in [1.165, 1.54) is 56.9 Å². The highest BCUT2D eigenvalue weighted by Gasteiger charge is 2.25. The Labute approximate surface area is 497 Å². The molecule has 472 valence electrons. The smallest absolute Gasteiger partial charge is 0.322 e. The molecule has 0 aliphatic carbocycles. The molecule has 0 aromatic carbocycles. The fourth-order valence-corrected chi connectivity index (χ4v) is 22.5. The lowest BCUT2D eigenvalue weighted by Crippen LogP contribution is -2.38. The summed E-state index contributed by atoms with van der Waals surface area (Å²) in [6.45, 7) is 50.1. The Bertz CT molecular complexity index is 1540. The molecule has 0 aliphatic heterocycles. The Morgan fingerprint density at radius 3 is 0.883 bits per heavy atom. The van der Waals surface area contributed by atoms with E-state index in [9.17, 15) is 22.8 Å². The summed E-state index contributed by atoms with van der Waals surface area (Å²) in [6.07, 6.45) is 0.629. The van der Waals surface area contributed by atoms with Crippen LogP contribution < -0.4 is 0 Å². The Morgan fingerprint density at radius 1 is 0.351 bits per heavy atom. The summed E-state index contributed by atoms with van der Waals surface area (Å²) in [5.74, 6) is 4.75. The first-order valence-electron chi connectivity index (χ1n) is 28.7. The lowest BCUT2D eigenvalue weighted by Gasteiger charge is -2.30. The van der Waals surface area contributed by atoms with Gasteiger partial charge < -0.3 is 46.7 Å². The van der Waals surface area contributed by atoms with E-state index < -0.39 is 33.1 Å². The van der Waals surface area contributed by atoms with Crippen molar-refractivity contribution in [3.8, 4) is 0 Å². The molecule has 77 heavy (non-hydrogen) atoms. The first-order valence-corrected chi connectivity index (χ1v) is 46.2. The second-order valence-electron chi connectivity index (χ2n) is 18.2. The van der Waals surface area contributed by atoms with Crippen molar-refractivity contribution in [2.75, 3.05) is 180 Å². The van der Waals surface area contributed by atoms with Gasteiger partial charge in [-0.05, 0) is 132 Å². The van der Waals surface area contributed by atoms with Gasteiger partial charge in [0.25, 0.3) is 26.3 Å². The van der Waals surface area contributed by atoms with Crippen molar-refractivity contribution in [3.05, 3.63) is 0 Å². The number of hydrogen-bond donors (Lipinski definition) is 0. The van der Waals surface area contributed by atoms with Crippen LogP contribution in [-0.4, -0.2) is 216 Å². The maximum Gasteiger partial charge on any atom is 0.389 e. The van der Waals surface area contributed by atoms with Crippen molar-refractivity contribution in [3.63, 3.8) is 0 Å². The summed E-state index contributed by atoms with van der Waals surface area (Å²) < 4.78 is 91.3. The van der Waals surface area contributed by atoms with Crippen LogP contribution in [0.25, 0.3) is 0 Å². The van der Waals surface area contributed by atoms with Crippen LogP contribution in [0.3, 0.4) is 0 Å². The SMILES string of the molecule is CCN(CC)CCS[P@](C)(=O)OCC(C)C.CCOP(=O)(OCC)SCCN(CC)CC.CCO[P@@](C)(=O)SCCN(CC)CC.CCO[P@](=O)(CC)SCCN(CC)CC.CCO[P@](C)(=O)SCCN(C(C)C)C(C)C. The molecule has 0 N–H and O–H groups in total. The van der Waals surface area contributed by atoms with Crippen molar-refractivity contribution in [1.29, 1.82) is 0 Å². The molecule has 0 radical (unpaired) electrons. The maximum atomic E-state index is 12.1. The van der Waals surface area contributed by atoms with Crippen molar-refractivity contribution >= 4 is 90.0 Å². The highest BCUT2D eigenvalue weighted by molar-refractivity contribution is 8.57. The fraction of sp³-hybridized carbons (Fsp3) is 1.00. The van der Waals surface area contributed by atoms with Crippen LogP contribution in [0.2, 0.25) is 0 Å². The van der Waals surface area contributed by atoms with Gasteiger partial charge in [0.05, 0.1) is 39.6 Å². The molecule has 4 atom stereocenters. The first-order chi connectivity index (χ1) is 36.0. The van der Waals surface area contributed by atoms with Crippen molar-refractivity contribution < 1.29 is 50.0 Å². The zero-order valence-electron chi connectivity index (χ0n) is 53.4. The minimum absolute atomic E-state index is 0.426. The normalized spacial score (nSPS) is 15.1. The predicted molar refractivity (Wildman–Crippen MR) is 356 cm³/mol. The first kappa shape index (κ1) is 88.2. The Balaban J connectivity index is -0.000000281. The van der Waals surface area contributed by atoms with Gasteiger partial charge in [0, 0.05) is 99.7 Å². The molecule has 16 nitrogen and oxygen atoms in total. The van der Waals surface area contributed by atoms with Gasteiger partial charge in [0.15, 0.2) is 0 Å². The molecule has 0 aromatic heterocycles. The van der Waals surface area contributed by atoms with Gasteiger partial charge in [0.1, 0.15) is 0 Å². The zero-order valence-corrected chi connectivity index (χ0v) is 62.0. The van der Waals surface area contributed by atoms with Gasteiger partial charge in [-0.1, -0.05) is 122 Å².